The highest BCUT2D eigenvalue weighted by Gasteiger charge is 2.40. The van der Waals surface area contributed by atoms with Crippen LogP contribution < -0.4 is 11.1 Å². The van der Waals surface area contributed by atoms with Crippen LogP contribution in [0.2, 0.25) is 0 Å². The van der Waals surface area contributed by atoms with Gasteiger partial charge in [-0.2, -0.15) is 0 Å². The molecule has 18 heavy (non-hydrogen) atoms. The Labute approximate surface area is 108 Å². The SMILES string of the molecule is CC(C)CC(CNC(=O)C1(N)CCC1)CC(=O)O. The zero-order chi connectivity index (χ0) is 13.8. The summed E-state index contributed by atoms with van der Waals surface area (Å²) >= 11 is 0. The molecule has 0 aromatic carbocycles. The van der Waals surface area contributed by atoms with E-state index in [2.05, 4.69) is 5.32 Å². The van der Waals surface area contributed by atoms with Crippen molar-refractivity contribution in [3.63, 3.8) is 0 Å². The maximum Gasteiger partial charge on any atom is 0.303 e. The van der Waals surface area contributed by atoms with E-state index in [4.69, 9.17) is 10.8 Å². The third kappa shape index (κ3) is 4.29. The van der Waals surface area contributed by atoms with Crippen LogP contribution in [0.4, 0.5) is 0 Å². The van der Waals surface area contributed by atoms with E-state index in [1.54, 1.807) is 0 Å². The third-order valence-corrected chi connectivity index (χ3v) is 3.52. The second-order valence-corrected chi connectivity index (χ2v) is 5.81. The molecule has 0 heterocycles. The molecule has 5 nitrogen and oxygen atoms in total. The molecule has 0 radical (unpaired) electrons. The number of rotatable bonds is 7. The maximum atomic E-state index is 11.8. The number of hydrogen-bond donors (Lipinski definition) is 3. The van der Waals surface area contributed by atoms with Gasteiger partial charge in [0.1, 0.15) is 0 Å². The molecule has 0 aliphatic heterocycles. The highest BCUT2D eigenvalue weighted by molar-refractivity contribution is 5.87. The van der Waals surface area contributed by atoms with Crippen LogP contribution in [0.25, 0.3) is 0 Å². The van der Waals surface area contributed by atoms with E-state index in [1.165, 1.54) is 0 Å². The van der Waals surface area contributed by atoms with Crippen LogP contribution in [0.5, 0.6) is 0 Å². The highest BCUT2D eigenvalue weighted by atomic mass is 16.4. The molecule has 0 aromatic heterocycles. The zero-order valence-corrected chi connectivity index (χ0v) is 11.2. The number of aliphatic carboxylic acids is 1. The van der Waals surface area contributed by atoms with Gasteiger partial charge in [-0.15, -0.1) is 0 Å². The normalized spacial score (nSPS) is 19.1. The van der Waals surface area contributed by atoms with Gasteiger partial charge in [-0.05, 0) is 37.5 Å². The van der Waals surface area contributed by atoms with E-state index >= 15 is 0 Å². The van der Waals surface area contributed by atoms with E-state index < -0.39 is 11.5 Å². The number of amides is 1. The largest absolute Gasteiger partial charge is 0.481 e. The van der Waals surface area contributed by atoms with Crippen LogP contribution >= 0.6 is 0 Å². The second-order valence-electron chi connectivity index (χ2n) is 5.81. The summed E-state index contributed by atoms with van der Waals surface area (Å²) < 4.78 is 0. The predicted octanol–water partition coefficient (Wildman–Crippen LogP) is 1.12. The lowest BCUT2D eigenvalue weighted by Crippen LogP contribution is -2.59. The number of carbonyl (C=O) groups is 2. The smallest absolute Gasteiger partial charge is 0.303 e. The quantitative estimate of drug-likeness (QED) is 0.636. The summed E-state index contributed by atoms with van der Waals surface area (Å²) in [5.41, 5.74) is 5.20. The van der Waals surface area contributed by atoms with Crippen molar-refractivity contribution in [1.29, 1.82) is 0 Å². The first kappa shape index (κ1) is 15.0. The summed E-state index contributed by atoms with van der Waals surface area (Å²) in [5, 5.41) is 11.7. The lowest BCUT2D eigenvalue weighted by molar-refractivity contribution is -0.138. The first-order chi connectivity index (χ1) is 8.33. The van der Waals surface area contributed by atoms with Gasteiger partial charge in [-0.3, -0.25) is 9.59 Å². The predicted molar refractivity (Wildman–Crippen MR) is 69.0 cm³/mol. The van der Waals surface area contributed by atoms with Gasteiger partial charge in [0.05, 0.1) is 5.54 Å². The van der Waals surface area contributed by atoms with Crippen LogP contribution in [-0.4, -0.2) is 29.1 Å². The lowest BCUT2D eigenvalue weighted by Gasteiger charge is -2.36. The number of carboxylic acid groups (broad SMARTS) is 1. The average Bonchev–Trinajstić information content (AvgIpc) is 2.20. The number of nitrogens with one attached hydrogen (secondary N) is 1. The molecule has 5 heteroatoms. The van der Waals surface area contributed by atoms with Gasteiger partial charge in [0.15, 0.2) is 0 Å². The van der Waals surface area contributed by atoms with Crippen molar-refractivity contribution in [1.82, 2.24) is 5.32 Å². The van der Waals surface area contributed by atoms with E-state index in [0.717, 1.165) is 25.7 Å². The Balaban J connectivity index is 2.40. The summed E-state index contributed by atoms with van der Waals surface area (Å²) in [4.78, 5) is 22.6. The maximum absolute atomic E-state index is 11.8. The minimum Gasteiger partial charge on any atom is -0.481 e. The van der Waals surface area contributed by atoms with E-state index in [9.17, 15) is 9.59 Å². The fourth-order valence-electron chi connectivity index (χ4n) is 2.35. The molecule has 1 amide bonds. The van der Waals surface area contributed by atoms with Crippen molar-refractivity contribution in [2.24, 2.45) is 17.6 Å². The molecule has 104 valence electrons. The number of nitrogens with two attached hydrogens (primary N) is 1. The minimum atomic E-state index is -0.819. The molecule has 0 spiro atoms. The molecular weight excluding hydrogens is 232 g/mol. The molecule has 0 saturated heterocycles. The van der Waals surface area contributed by atoms with Gasteiger partial charge >= 0.3 is 5.97 Å². The first-order valence-electron chi connectivity index (χ1n) is 6.62. The molecule has 1 unspecified atom stereocenters. The van der Waals surface area contributed by atoms with E-state index in [0.29, 0.717) is 12.5 Å². The van der Waals surface area contributed by atoms with Crippen LogP contribution in [0.3, 0.4) is 0 Å². The Morgan fingerprint density at radius 1 is 1.39 bits per heavy atom. The van der Waals surface area contributed by atoms with Gasteiger partial charge in [-0.1, -0.05) is 13.8 Å². The van der Waals surface area contributed by atoms with Gasteiger partial charge < -0.3 is 16.2 Å². The van der Waals surface area contributed by atoms with Crippen molar-refractivity contribution in [2.45, 2.75) is 51.5 Å². The molecule has 0 aromatic rings. The van der Waals surface area contributed by atoms with Crippen LogP contribution in [0.1, 0.15) is 46.0 Å². The van der Waals surface area contributed by atoms with Crippen LogP contribution in [0, 0.1) is 11.8 Å². The molecule has 1 aliphatic carbocycles. The summed E-state index contributed by atoms with van der Waals surface area (Å²) in [5.74, 6) is -0.550. The van der Waals surface area contributed by atoms with Gasteiger partial charge in [-0.25, -0.2) is 0 Å². The summed E-state index contributed by atoms with van der Waals surface area (Å²) in [7, 11) is 0. The Bertz CT molecular complexity index is 311. The van der Waals surface area contributed by atoms with Crippen LogP contribution in [0.15, 0.2) is 0 Å². The molecule has 4 N–H and O–H groups in total. The molecular formula is C13H24N2O3. The van der Waals surface area contributed by atoms with Gasteiger partial charge in [0, 0.05) is 13.0 Å². The molecule has 0 bridgehead atoms. The molecule has 1 aliphatic rings. The van der Waals surface area contributed by atoms with Crippen molar-refractivity contribution in [3.8, 4) is 0 Å². The fourth-order valence-corrected chi connectivity index (χ4v) is 2.35. The fraction of sp³-hybridized carbons (Fsp3) is 0.846. The Kier molecular flexibility index (Phi) is 5.14. The van der Waals surface area contributed by atoms with Gasteiger partial charge in [0.2, 0.25) is 5.91 Å². The molecule has 1 saturated carbocycles. The standard InChI is InChI=1S/C13H24N2O3/c1-9(2)6-10(7-11(16)17)8-15-12(18)13(14)4-3-5-13/h9-10H,3-8,14H2,1-2H3,(H,15,18)(H,16,17). The first-order valence-corrected chi connectivity index (χ1v) is 6.62. The molecule has 1 rings (SSSR count). The van der Waals surface area contributed by atoms with E-state index in [1.807, 2.05) is 13.8 Å². The Morgan fingerprint density at radius 2 is 2.00 bits per heavy atom. The van der Waals surface area contributed by atoms with Crippen molar-refractivity contribution in [2.75, 3.05) is 6.54 Å². The number of hydrogen-bond acceptors (Lipinski definition) is 3. The number of carbonyl (C=O) groups excluding carboxylic acids is 1. The topological polar surface area (TPSA) is 92.4 Å². The van der Waals surface area contributed by atoms with Crippen molar-refractivity contribution >= 4 is 11.9 Å². The Morgan fingerprint density at radius 3 is 2.39 bits per heavy atom. The Hall–Kier alpha value is -1.10. The van der Waals surface area contributed by atoms with Crippen molar-refractivity contribution in [3.05, 3.63) is 0 Å². The summed E-state index contributed by atoms with van der Waals surface area (Å²) in [6.07, 6.45) is 3.34. The second kappa shape index (κ2) is 6.18. The average molecular weight is 256 g/mol. The molecule has 1 atom stereocenters. The third-order valence-electron chi connectivity index (χ3n) is 3.52. The van der Waals surface area contributed by atoms with Gasteiger partial charge in [0.25, 0.3) is 0 Å². The number of carboxylic acids is 1. The van der Waals surface area contributed by atoms with Crippen LogP contribution in [-0.2, 0) is 9.59 Å². The molecule has 1 fully saturated rings. The van der Waals surface area contributed by atoms with Crippen molar-refractivity contribution < 1.29 is 14.7 Å². The van der Waals surface area contributed by atoms with E-state index in [-0.39, 0.29) is 18.2 Å². The summed E-state index contributed by atoms with van der Waals surface area (Å²) in [6.45, 7) is 4.50. The monoisotopic (exact) mass is 256 g/mol. The summed E-state index contributed by atoms with van der Waals surface area (Å²) in [6, 6.07) is 0. The lowest BCUT2D eigenvalue weighted by atomic mass is 9.77. The minimum absolute atomic E-state index is 0.0184. The zero-order valence-electron chi connectivity index (χ0n) is 11.2. The highest BCUT2D eigenvalue weighted by Crippen LogP contribution is 2.29.